The summed E-state index contributed by atoms with van der Waals surface area (Å²) in [5.74, 6) is 0.962. The first-order valence-corrected chi connectivity index (χ1v) is 9.44. The van der Waals surface area contributed by atoms with Gasteiger partial charge in [0.2, 0.25) is 0 Å². The molecule has 0 aromatic heterocycles. The van der Waals surface area contributed by atoms with E-state index in [2.05, 4.69) is 29.1 Å². The Morgan fingerprint density at radius 3 is 2.29 bits per heavy atom. The van der Waals surface area contributed by atoms with E-state index in [-0.39, 0.29) is 0 Å². The van der Waals surface area contributed by atoms with Gasteiger partial charge in [0.1, 0.15) is 0 Å². The third kappa shape index (κ3) is 4.00. The molecule has 0 saturated carbocycles. The average molecular weight is 293 g/mol. The molecule has 0 aliphatic carbocycles. The van der Waals surface area contributed by atoms with Crippen LogP contribution >= 0.6 is 0 Å². The highest BCUT2D eigenvalue weighted by Gasteiger charge is 2.38. The first-order chi connectivity index (χ1) is 10.3. The second kappa shape index (κ2) is 7.43. The molecule has 3 fully saturated rings. The molecule has 3 heteroatoms. The number of piperidine rings is 3. The van der Waals surface area contributed by atoms with Gasteiger partial charge in [0, 0.05) is 24.7 Å². The van der Waals surface area contributed by atoms with Gasteiger partial charge in [-0.05, 0) is 77.5 Å². The second-order valence-electron chi connectivity index (χ2n) is 7.80. The minimum absolute atomic E-state index is 0.800. The summed E-state index contributed by atoms with van der Waals surface area (Å²) in [6, 6.07) is 2.56. The van der Waals surface area contributed by atoms with Crippen molar-refractivity contribution in [2.75, 3.05) is 33.2 Å². The largest absolute Gasteiger partial charge is 0.314 e. The number of hydrogen-bond donors (Lipinski definition) is 1. The molecule has 21 heavy (non-hydrogen) atoms. The van der Waals surface area contributed by atoms with Gasteiger partial charge in [-0.15, -0.1) is 0 Å². The first-order valence-electron chi connectivity index (χ1n) is 9.44. The minimum Gasteiger partial charge on any atom is -0.314 e. The molecule has 0 radical (unpaired) electrons. The third-order valence-electron chi connectivity index (χ3n) is 6.12. The van der Waals surface area contributed by atoms with Gasteiger partial charge in [-0.2, -0.15) is 0 Å². The van der Waals surface area contributed by atoms with E-state index in [0.29, 0.717) is 0 Å². The van der Waals surface area contributed by atoms with Crippen molar-refractivity contribution in [2.24, 2.45) is 5.92 Å². The summed E-state index contributed by atoms with van der Waals surface area (Å²) in [6.07, 6.45) is 11.3. The smallest absolute Gasteiger partial charge is 0.0113 e. The summed E-state index contributed by atoms with van der Waals surface area (Å²) >= 11 is 0. The molecule has 3 rings (SSSR count). The maximum Gasteiger partial charge on any atom is 0.0113 e. The van der Waals surface area contributed by atoms with Crippen LogP contribution in [0.5, 0.6) is 0 Å². The van der Waals surface area contributed by atoms with Crippen LogP contribution in [0.15, 0.2) is 0 Å². The number of rotatable bonds is 5. The molecule has 2 atom stereocenters. The Labute approximate surface area is 131 Å². The lowest BCUT2D eigenvalue weighted by molar-refractivity contribution is 0.00481. The van der Waals surface area contributed by atoms with Crippen LogP contribution in [0.1, 0.15) is 58.3 Å². The molecule has 0 aromatic rings. The molecule has 0 aromatic carbocycles. The fraction of sp³-hybridized carbons (Fsp3) is 1.00. The van der Waals surface area contributed by atoms with Crippen LogP contribution in [0.3, 0.4) is 0 Å². The molecule has 3 heterocycles. The monoisotopic (exact) mass is 293 g/mol. The van der Waals surface area contributed by atoms with E-state index in [1.54, 1.807) is 0 Å². The summed E-state index contributed by atoms with van der Waals surface area (Å²) in [5, 5.41) is 3.80. The zero-order valence-corrected chi connectivity index (χ0v) is 14.2. The first kappa shape index (κ1) is 15.8. The highest BCUT2D eigenvalue weighted by atomic mass is 15.2. The van der Waals surface area contributed by atoms with E-state index in [1.165, 1.54) is 77.5 Å². The number of likely N-dealkylation sites (tertiary alicyclic amines) is 1. The Bertz CT molecular complexity index is 298. The lowest BCUT2D eigenvalue weighted by Crippen LogP contribution is -2.57. The van der Waals surface area contributed by atoms with Crippen molar-refractivity contribution in [3.63, 3.8) is 0 Å². The van der Waals surface area contributed by atoms with Gasteiger partial charge in [-0.1, -0.05) is 13.3 Å². The standard InChI is InChI=1S/C18H35N3/c1-3-9-19-16-12-17-5-4-6-18(13-16)21(17)14-15-7-10-20(2)11-8-15/h15-19H,3-14H2,1-2H3. The second-order valence-corrected chi connectivity index (χ2v) is 7.80. The predicted molar refractivity (Wildman–Crippen MR) is 89.7 cm³/mol. The van der Waals surface area contributed by atoms with E-state index in [0.717, 1.165) is 24.0 Å². The molecule has 3 aliphatic rings. The zero-order chi connectivity index (χ0) is 14.7. The van der Waals surface area contributed by atoms with Gasteiger partial charge < -0.3 is 10.2 Å². The van der Waals surface area contributed by atoms with Gasteiger partial charge >= 0.3 is 0 Å². The molecule has 2 bridgehead atoms. The molecule has 1 N–H and O–H groups in total. The van der Waals surface area contributed by atoms with Crippen molar-refractivity contribution in [1.82, 2.24) is 15.1 Å². The highest BCUT2D eigenvalue weighted by Crippen LogP contribution is 2.35. The quantitative estimate of drug-likeness (QED) is 0.841. The molecule has 0 amide bonds. The van der Waals surface area contributed by atoms with Gasteiger partial charge in [0.15, 0.2) is 0 Å². The summed E-state index contributed by atoms with van der Waals surface area (Å²) in [4.78, 5) is 5.43. The summed E-state index contributed by atoms with van der Waals surface area (Å²) in [6.45, 7) is 7.51. The molecule has 3 nitrogen and oxygen atoms in total. The Morgan fingerprint density at radius 1 is 1.00 bits per heavy atom. The Morgan fingerprint density at radius 2 is 1.67 bits per heavy atom. The van der Waals surface area contributed by atoms with Gasteiger partial charge in [-0.3, -0.25) is 4.90 Å². The molecule has 122 valence electrons. The van der Waals surface area contributed by atoms with Gasteiger partial charge in [-0.25, -0.2) is 0 Å². The summed E-state index contributed by atoms with van der Waals surface area (Å²) < 4.78 is 0. The lowest BCUT2D eigenvalue weighted by atomic mass is 9.80. The van der Waals surface area contributed by atoms with Crippen molar-refractivity contribution >= 4 is 0 Å². The number of nitrogens with one attached hydrogen (secondary N) is 1. The minimum atomic E-state index is 0.800. The molecular weight excluding hydrogens is 258 g/mol. The molecular formula is C18H35N3. The van der Waals surface area contributed by atoms with Crippen LogP contribution in [0.2, 0.25) is 0 Å². The lowest BCUT2D eigenvalue weighted by Gasteiger charge is -2.50. The van der Waals surface area contributed by atoms with Crippen molar-refractivity contribution in [3.8, 4) is 0 Å². The molecule has 3 aliphatic heterocycles. The third-order valence-corrected chi connectivity index (χ3v) is 6.12. The Balaban J connectivity index is 1.53. The van der Waals surface area contributed by atoms with Gasteiger partial charge in [0.05, 0.1) is 0 Å². The van der Waals surface area contributed by atoms with E-state index in [4.69, 9.17) is 0 Å². The fourth-order valence-corrected chi connectivity index (χ4v) is 4.83. The summed E-state index contributed by atoms with van der Waals surface area (Å²) in [7, 11) is 2.27. The number of hydrogen-bond acceptors (Lipinski definition) is 3. The average Bonchev–Trinajstić information content (AvgIpc) is 2.47. The van der Waals surface area contributed by atoms with Crippen LogP contribution in [-0.2, 0) is 0 Å². The van der Waals surface area contributed by atoms with Crippen LogP contribution in [0.4, 0.5) is 0 Å². The highest BCUT2D eigenvalue weighted by molar-refractivity contribution is 4.95. The van der Waals surface area contributed by atoms with Gasteiger partial charge in [0.25, 0.3) is 0 Å². The van der Waals surface area contributed by atoms with Crippen LogP contribution in [-0.4, -0.2) is 61.2 Å². The van der Waals surface area contributed by atoms with Crippen molar-refractivity contribution in [3.05, 3.63) is 0 Å². The van der Waals surface area contributed by atoms with Crippen molar-refractivity contribution in [2.45, 2.75) is 76.4 Å². The molecule has 2 unspecified atom stereocenters. The normalized spacial score (nSPS) is 36.0. The zero-order valence-electron chi connectivity index (χ0n) is 14.2. The fourth-order valence-electron chi connectivity index (χ4n) is 4.83. The summed E-state index contributed by atoms with van der Waals surface area (Å²) in [5.41, 5.74) is 0. The van der Waals surface area contributed by atoms with Crippen LogP contribution < -0.4 is 5.32 Å². The Kier molecular flexibility index (Phi) is 5.58. The maximum absolute atomic E-state index is 3.80. The van der Waals surface area contributed by atoms with Crippen LogP contribution in [0, 0.1) is 5.92 Å². The van der Waals surface area contributed by atoms with E-state index in [9.17, 15) is 0 Å². The number of nitrogens with zero attached hydrogens (tertiary/aromatic N) is 2. The SMILES string of the molecule is CCCNC1CC2CCCC(C1)N2CC1CCN(C)CC1. The molecule has 0 spiro atoms. The number of fused-ring (bicyclic) bond motifs is 2. The Hall–Kier alpha value is -0.120. The van der Waals surface area contributed by atoms with E-state index >= 15 is 0 Å². The predicted octanol–water partition coefficient (Wildman–Crippen LogP) is 2.71. The van der Waals surface area contributed by atoms with Crippen molar-refractivity contribution < 1.29 is 0 Å². The van der Waals surface area contributed by atoms with Crippen molar-refractivity contribution in [1.29, 1.82) is 0 Å². The van der Waals surface area contributed by atoms with Crippen LogP contribution in [0.25, 0.3) is 0 Å². The maximum atomic E-state index is 3.80. The van der Waals surface area contributed by atoms with E-state index in [1.807, 2.05) is 0 Å². The topological polar surface area (TPSA) is 18.5 Å². The van der Waals surface area contributed by atoms with E-state index < -0.39 is 0 Å². The molecule has 3 saturated heterocycles.